The molecule has 18 heavy (non-hydrogen) atoms. The van der Waals surface area contributed by atoms with Crippen LogP contribution in [0.3, 0.4) is 0 Å². The van der Waals surface area contributed by atoms with Crippen molar-refractivity contribution in [1.29, 1.82) is 0 Å². The highest BCUT2D eigenvalue weighted by Gasteiger charge is 2.16. The minimum Gasteiger partial charge on any atom is -0.271 e. The van der Waals surface area contributed by atoms with Gasteiger partial charge < -0.3 is 0 Å². The van der Waals surface area contributed by atoms with Crippen LogP contribution < -0.4 is 11.3 Å². The van der Waals surface area contributed by atoms with Gasteiger partial charge in [0.2, 0.25) is 0 Å². The van der Waals surface area contributed by atoms with Crippen molar-refractivity contribution in [2.24, 2.45) is 5.84 Å². The van der Waals surface area contributed by atoms with Crippen LogP contribution in [0.4, 0.5) is 0 Å². The lowest BCUT2D eigenvalue weighted by Crippen LogP contribution is -2.29. The molecular weight excluding hydrogens is 267 g/mol. The van der Waals surface area contributed by atoms with Gasteiger partial charge in [-0.25, -0.2) is 5.43 Å². The maximum absolute atomic E-state index is 6.33. The molecule has 0 aliphatic carbocycles. The Morgan fingerprint density at radius 2 is 1.72 bits per heavy atom. The lowest BCUT2D eigenvalue weighted by atomic mass is 9.98. The van der Waals surface area contributed by atoms with Gasteiger partial charge in [-0.2, -0.15) is 0 Å². The van der Waals surface area contributed by atoms with Crippen LogP contribution in [0.2, 0.25) is 10.0 Å². The molecule has 0 aliphatic heterocycles. The summed E-state index contributed by atoms with van der Waals surface area (Å²) in [5.74, 6) is 5.65. The third kappa shape index (κ3) is 2.68. The first-order valence-electron chi connectivity index (χ1n) is 5.60. The summed E-state index contributed by atoms with van der Waals surface area (Å²) in [5, 5.41) is 1.43. The Bertz CT molecular complexity index is 538. The number of aryl methyl sites for hydroxylation is 1. The molecule has 3 N–H and O–H groups in total. The summed E-state index contributed by atoms with van der Waals surface area (Å²) in [6.45, 7) is 1.97. The fourth-order valence-electron chi connectivity index (χ4n) is 1.91. The summed E-state index contributed by atoms with van der Waals surface area (Å²) in [7, 11) is 0. The Labute approximate surface area is 117 Å². The van der Waals surface area contributed by atoms with Crippen molar-refractivity contribution in [1.82, 2.24) is 5.43 Å². The van der Waals surface area contributed by atoms with Gasteiger partial charge in [0.05, 0.1) is 6.04 Å². The molecule has 2 aromatic carbocycles. The second kappa shape index (κ2) is 5.72. The maximum Gasteiger partial charge on any atom is 0.0724 e. The van der Waals surface area contributed by atoms with E-state index in [4.69, 9.17) is 29.0 Å². The van der Waals surface area contributed by atoms with Crippen LogP contribution in [0.15, 0.2) is 42.5 Å². The molecule has 2 nitrogen and oxygen atoms in total. The molecule has 0 amide bonds. The van der Waals surface area contributed by atoms with Crippen molar-refractivity contribution >= 4 is 23.2 Å². The van der Waals surface area contributed by atoms with Crippen molar-refractivity contribution in [3.05, 3.63) is 69.2 Å². The second-order valence-corrected chi connectivity index (χ2v) is 4.94. The summed E-state index contributed by atoms with van der Waals surface area (Å²) >= 11 is 12.2. The van der Waals surface area contributed by atoms with Crippen LogP contribution in [-0.2, 0) is 0 Å². The van der Waals surface area contributed by atoms with E-state index >= 15 is 0 Å². The van der Waals surface area contributed by atoms with Gasteiger partial charge in [0, 0.05) is 10.0 Å². The summed E-state index contributed by atoms with van der Waals surface area (Å²) < 4.78 is 0. The van der Waals surface area contributed by atoms with E-state index in [-0.39, 0.29) is 6.04 Å². The smallest absolute Gasteiger partial charge is 0.0724 e. The van der Waals surface area contributed by atoms with Gasteiger partial charge in [-0.1, -0.05) is 53.5 Å². The third-order valence-electron chi connectivity index (χ3n) is 2.90. The number of hydrazine groups is 1. The fraction of sp³-hybridized carbons (Fsp3) is 0.143. The largest absolute Gasteiger partial charge is 0.271 e. The average molecular weight is 281 g/mol. The van der Waals surface area contributed by atoms with E-state index in [0.717, 1.165) is 21.7 Å². The SMILES string of the molecule is Cc1cccc(C(NN)c2ccc(Cl)cc2)c1Cl. The zero-order valence-electron chi connectivity index (χ0n) is 9.95. The molecule has 0 radical (unpaired) electrons. The van der Waals surface area contributed by atoms with Gasteiger partial charge in [-0.3, -0.25) is 5.84 Å². The van der Waals surface area contributed by atoms with Crippen LogP contribution in [0.1, 0.15) is 22.7 Å². The van der Waals surface area contributed by atoms with Crippen molar-refractivity contribution in [3.63, 3.8) is 0 Å². The summed E-state index contributed by atoms with van der Waals surface area (Å²) in [4.78, 5) is 0. The number of nitrogens with two attached hydrogens (primary N) is 1. The molecule has 94 valence electrons. The molecule has 2 rings (SSSR count). The van der Waals surface area contributed by atoms with Crippen LogP contribution in [0.25, 0.3) is 0 Å². The summed E-state index contributed by atoms with van der Waals surface area (Å²) in [6.07, 6.45) is 0. The highest BCUT2D eigenvalue weighted by Crippen LogP contribution is 2.30. The Kier molecular flexibility index (Phi) is 4.25. The van der Waals surface area contributed by atoms with Gasteiger partial charge in [0.15, 0.2) is 0 Å². The maximum atomic E-state index is 6.33. The fourth-order valence-corrected chi connectivity index (χ4v) is 2.27. The highest BCUT2D eigenvalue weighted by atomic mass is 35.5. The molecule has 0 saturated carbocycles. The second-order valence-electron chi connectivity index (χ2n) is 4.13. The first-order chi connectivity index (χ1) is 8.63. The Balaban J connectivity index is 2.45. The molecule has 0 heterocycles. The van der Waals surface area contributed by atoms with Gasteiger partial charge in [0.25, 0.3) is 0 Å². The minimum atomic E-state index is -0.144. The van der Waals surface area contributed by atoms with Gasteiger partial charge >= 0.3 is 0 Å². The Hall–Kier alpha value is -1.06. The summed E-state index contributed by atoms with van der Waals surface area (Å²) in [5.41, 5.74) is 5.81. The monoisotopic (exact) mass is 280 g/mol. The molecule has 0 spiro atoms. The number of rotatable bonds is 3. The zero-order valence-corrected chi connectivity index (χ0v) is 11.5. The molecule has 0 saturated heterocycles. The van der Waals surface area contributed by atoms with Gasteiger partial charge in [-0.15, -0.1) is 0 Å². The molecule has 0 aromatic heterocycles. The number of benzene rings is 2. The van der Waals surface area contributed by atoms with E-state index in [0.29, 0.717) is 5.02 Å². The Morgan fingerprint density at radius 1 is 1.06 bits per heavy atom. The van der Waals surface area contributed by atoms with Crippen molar-refractivity contribution < 1.29 is 0 Å². The quantitative estimate of drug-likeness (QED) is 0.662. The van der Waals surface area contributed by atoms with E-state index in [1.54, 1.807) is 0 Å². The minimum absolute atomic E-state index is 0.144. The van der Waals surface area contributed by atoms with Crippen molar-refractivity contribution in [2.75, 3.05) is 0 Å². The number of hydrogen-bond donors (Lipinski definition) is 2. The number of hydrogen-bond acceptors (Lipinski definition) is 2. The molecule has 1 unspecified atom stereocenters. The normalized spacial score (nSPS) is 12.4. The molecule has 0 aliphatic rings. The highest BCUT2D eigenvalue weighted by molar-refractivity contribution is 6.32. The van der Waals surface area contributed by atoms with Crippen LogP contribution in [0, 0.1) is 6.92 Å². The van der Waals surface area contributed by atoms with E-state index in [1.807, 2.05) is 49.4 Å². The predicted molar refractivity (Wildman–Crippen MR) is 76.8 cm³/mol. The molecule has 0 bridgehead atoms. The van der Waals surface area contributed by atoms with Crippen LogP contribution >= 0.6 is 23.2 Å². The van der Waals surface area contributed by atoms with Gasteiger partial charge in [-0.05, 0) is 35.7 Å². The summed E-state index contributed by atoms with van der Waals surface area (Å²) in [6, 6.07) is 13.3. The number of nitrogens with one attached hydrogen (secondary N) is 1. The van der Waals surface area contributed by atoms with E-state index in [1.165, 1.54) is 0 Å². The molecule has 2 aromatic rings. The van der Waals surface area contributed by atoms with Crippen molar-refractivity contribution in [3.8, 4) is 0 Å². The zero-order chi connectivity index (χ0) is 13.1. The standard InChI is InChI=1S/C14H14Cl2N2/c1-9-3-2-4-12(13(9)16)14(18-17)10-5-7-11(15)8-6-10/h2-8,14,18H,17H2,1H3. The van der Waals surface area contributed by atoms with Crippen molar-refractivity contribution in [2.45, 2.75) is 13.0 Å². The lowest BCUT2D eigenvalue weighted by Gasteiger charge is -2.19. The number of halogens is 2. The predicted octanol–water partition coefficient (Wildman–Crippen LogP) is 3.85. The van der Waals surface area contributed by atoms with E-state index in [9.17, 15) is 0 Å². The first kappa shape index (κ1) is 13.4. The topological polar surface area (TPSA) is 38.0 Å². The molecule has 4 heteroatoms. The van der Waals surface area contributed by atoms with E-state index < -0.39 is 0 Å². The van der Waals surface area contributed by atoms with E-state index in [2.05, 4.69) is 5.43 Å². The first-order valence-corrected chi connectivity index (χ1v) is 6.35. The van der Waals surface area contributed by atoms with Gasteiger partial charge in [0.1, 0.15) is 0 Å². The van der Waals surface area contributed by atoms with Crippen LogP contribution in [0.5, 0.6) is 0 Å². The molecule has 0 fully saturated rings. The third-order valence-corrected chi connectivity index (χ3v) is 3.67. The lowest BCUT2D eigenvalue weighted by molar-refractivity contribution is 0.637. The molecular formula is C14H14Cl2N2. The average Bonchev–Trinajstić information content (AvgIpc) is 2.37. The Morgan fingerprint density at radius 3 is 2.33 bits per heavy atom. The molecule has 1 atom stereocenters. The van der Waals surface area contributed by atoms with Crippen LogP contribution in [-0.4, -0.2) is 0 Å².